The van der Waals surface area contributed by atoms with Gasteiger partial charge in [0.2, 0.25) is 5.91 Å². The molecule has 0 saturated carbocycles. The van der Waals surface area contributed by atoms with E-state index < -0.39 is 17.3 Å². The third-order valence-corrected chi connectivity index (χ3v) is 8.41. The van der Waals surface area contributed by atoms with Gasteiger partial charge in [-0.2, -0.15) is 4.98 Å². The lowest BCUT2D eigenvalue weighted by Crippen LogP contribution is -2.58. The molecular formula is C33H33ClF2N6O3. The SMILES string of the molecule is C=CC(=O)N1C[C@H](C)N(c2nc(=O)n(/C(C(=N)C(C)C)=C(\C)C=C)c3nc(-c4c(F)c(F)cc5ccoc45)c(Cl)cc23)C[C@H]1C. The molecule has 1 fully saturated rings. The van der Waals surface area contributed by atoms with Crippen LogP contribution in [0.25, 0.3) is 39.0 Å². The number of pyridine rings is 1. The van der Waals surface area contributed by atoms with Crippen molar-refractivity contribution in [2.75, 3.05) is 18.0 Å². The van der Waals surface area contributed by atoms with Crippen LogP contribution in [0, 0.1) is 23.0 Å². The second kappa shape index (κ2) is 12.0. The number of piperazine rings is 1. The molecule has 1 aliphatic rings. The lowest BCUT2D eigenvalue weighted by atomic mass is 10.0. The highest BCUT2D eigenvalue weighted by molar-refractivity contribution is 6.34. The zero-order valence-corrected chi connectivity index (χ0v) is 26.4. The van der Waals surface area contributed by atoms with E-state index in [9.17, 15) is 14.0 Å². The maximum Gasteiger partial charge on any atom is 0.355 e. The summed E-state index contributed by atoms with van der Waals surface area (Å²) in [5.74, 6) is -2.59. The quantitative estimate of drug-likeness (QED) is 0.135. The van der Waals surface area contributed by atoms with Gasteiger partial charge >= 0.3 is 5.69 Å². The van der Waals surface area contributed by atoms with Gasteiger partial charge in [-0.15, -0.1) is 0 Å². The molecule has 2 atom stereocenters. The molecule has 3 aromatic heterocycles. The number of hydrogen-bond acceptors (Lipinski definition) is 7. The maximum absolute atomic E-state index is 15.5. The van der Waals surface area contributed by atoms with Gasteiger partial charge in [-0.25, -0.2) is 23.1 Å². The first kappa shape index (κ1) is 31.8. The van der Waals surface area contributed by atoms with Gasteiger partial charge in [0.05, 0.1) is 39.3 Å². The fourth-order valence-electron chi connectivity index (χ4n) is 5.69. The normalized spacial score (nSPS) is 17.6. The summed E-state index contributed by atoms with van der Waals surface area (Å²) < 4.78 is 37.0. The summed E-state index contributed by atoms with van der Waals surface area (Å²) in [6.45, 7) is 17.2. The number of aromatic nitrogens is 3. The van der Waals surface area contributed by atoms with Crippen molar-refractivity contribution in [3.8, 4) is 11.3 Å². The summed E-state index contributed by atoms with van der Waals surface area (Å²) in [7, 11) is 0. The van der Waals surface area contributed by atoms with E-state index in [1.165, 1.54) is 35.1 Å². The average molecular weight is 635 g/mol. The first-order valence-corrected chi connectivity index (χ1v) is 14.8. The van der Waals surface area contributed by atoms with Crippen LogP contribution in [-0.4, -0.2) is 56.2 Å². The average Bonchev–Trinajstić information content (AvgIpc) is 3.46. The number of carbonyl (C=O) groups is 1. The Morgan fingerprint density at radius 1 is 1.16 bits per heavy atom. The first-order chi connectivity index (χ1) is 21.3. The fourth-order valence-corrected chi connectivity index (χ4v) is 5.94. The van der Waals surface area contributed by atoms with Gasteiger partial charge < -0.3 is 19.6 Å². The standard InChI is InChI=1S/C33H33ClF2N6O3/c1-8-17(5)29(27(37)16(3)4)42-32-21(31(39-33(42)44)41-15-18(6)40(14-19(41)7)24(43)9-2)13-22(34)28(38-32)25-26(36)23(35)12-20-10-11-45-30(20)25/h8-13,16,18-19,37H,1-2,14-15H2,3-7H3/b29-17+,37-27?/t18-,19+/m1/s1. The Morgan fingerprint density at radius 3 is 2.51 bits per heavy atom. The van der Waals surface area contributed by atoms with Crippen molar-refractivity contribution in [2.45, 2.75) is 46.7 Å². The van der Waals surface area contributed by atoms with Gasteiger partial charge in [-0.3, -0.25) is 4.79 Å². The Balaban J connectivity index is 1.88. The number of amides is 1. The van der Waals surface area contributed by atoms with Gasteiger partial charge in [-0.1, -0.05) is 44.7 Å². The Labute approximate surface area is 263 Å². The summed E-state index contributed by atoms with van der Waals surface area (Å²) in [4.78, 5) is 39.4. The van der Waals surface area contributed by atoms with Crippen molar-refractivity contribution in [3.63, 3.8) is 0 Å². The van der Waals surface area contributed by atoms with E-state index in [0.717, 1.165) is 6.07 Å². The third kappa shape index (κ3) is 5.35. The van der Waals surface area contributed by atoms with Crippen LogP contribution < -0.4 is 10.6 Å². The first-order valence-electron chi connectivity index (χ1n) is 14.4. The number of halogens is 3. The van der Waals surface area contributed by atoms with E-state index in [4.69, 9.17) is 26.4 Å². The van der Waals surface area contributed by atoms with Crippen molar-refractivity contribution in [1.29, 1.82) is 5.41 Å². The lowest BCUT2D eigenvalue weighted by molar-refractivity contribution is -0.128. The van der Waals surface area contributed by atoms with E-state index in [-0.39, 0.29) is 68.6 Å². The highest BCUT2D eigenvalue weighted by Gasteiger charge is 2.34. The molecule has 5 rings (SSSR count). The lowest BCUT2D eigenvalue weighted by Gasteiger charge is -2.44. The second-order valence-electron chi connectivity index (χ2n) is 11.5. The Hall–Kier alpha value is -4.64. The van der Waals surface area contributed by atoms with Gasteiger partial charge in [0.1, 0.15) is 11.4 Å². The molecule has 4 aromatic rings. The highest BCUT2D eigenvalue weighted by atomic mass is 35.5. The molecule has 1 aliphatic heterocycles. The summed E-state index contributed by atoms with van der Waals surface area (Å²) in [6, 6.07) is 3.48. The number of hydrogen-bond donors (Lipinski definition) is 1. The van der Waals surface area contributed by atoms with Crippen LogP contribution in [0.15, 0.2) is 64.6 Å². The number of nitrogens with one attached hydrogen (secondary N) is 1. The van der Waals surface area contributed by atoms with E-state index in [2.05, 4.69) is 18.1 Å². The molecule has 12 heteroatoms. The van der Waals surface area contributed by atoms with Crippen LogP contribution in [0.4, 0.5) is 14.6 Å². The van der Waals surface area contributed by atoms with Crippen molar-refractivity contribution in [1.82, 2.24) is 19.4 Å². The van der Waals surface area contributed by atoms with Crippen LogP contribution in [0.2, 0.25) is 5.02 Å². The van der Waals surface area contributed by atoms with Crippen LogP contribution in [-0.2, 0) is 4.79 Å². The zero-order chi connectivity index (χ0) is 32.9. The maximum atomic E-state index is 15.5. The molecule has 1 amide bonds. The Bertz CT molecular complexity index is 2000. The topological polar surface area (TPSA) is 108 Å². The number of rotatable bonds is 7. The molecule has 9 nitrogen and oxygen atoms in total. The van der Waals surface area contributed by atoms with Crippen molar-refractivity contribution >= 4 is 56.7 Å². The molecule has 4 heterocycles. The molecule has 0 radical (unpaired) electrons. The third-order valence-electron chi connectivity index (χ3n) is 8.12. The molecule has 45 heavy (non-hydrogen) atoms. The smallest absolute Gasteiger partial charge is 0.355 e. The Morgan fingerprint density at radius 2 is 1.87 bits per heavy atom. The molecule has 0 aliphatic carbocycles. The Kier molecular flexibility index (Phi) is 8.50. The predicted molar refractivity (Wildman–Crippen MR) is 174 cm³/mol. The minimum absolute atomic E-state index is 0.0267. The number of nitrogens with zero attached hydrogens (tertiary/aromatic N) is 5. The minimum atomic E-state index is -1.22. The van der Waals surface area contributed by atoms with Crippen LogP contribution in [0.3, 0.4) is 0 Å². The number of carbonyl (C=O) groups excluding carboxylic acids is 1. The summed E-state index contributed by atoms with van der Waals surface area (Å²) in [5, 5.41) is 9.51. The molecule has 0 spiro atoms. The molecule has 234 valence electrons. The zero-order valence-electron chi connectivity index (χ0n) is 25.6. The summed E-state index contributed by atoms with van der Waals surface area (Å²) in [5.41, 5.74) is -0.305. The van der Waals surface area contributed by atoms with Crippen molar-refractivity contribution in [2.24, 2.45) is 5.92 Å². The predicted octanol–water partition coefficient (Wildman–Crippen LogP) is 6.84. The van der Waals surface area contributed by atoms with Crippen LogP contribution >= 0.6 is 11.6 Å². The number of fused-ring (bicyclic) bond motifs is 2. The largest absolute Gasteiger partial charge is 0.464 e. The van der Waals surface area contributed by atoms with Crippen molar-refractivity contribution in [3.05, 3.63) is 82.5 Å². The van der Waals surface area contributed by atoms with Crippen LogP contribution in [0.5, 0.6) is 0 Å². The van der Waals surface area contributed by atoms with E-state index in [1.807, 2.05) is 32.6 Å². The van der Waals surface area contributed by atoms with Crippen molar-refractivity contribution < 1.29 is 18.0 Å². The van der Waals surface area contributed by atoms with Gasteiger partial charge in [0.15, 0.2) is 17.3 Å². The second-order valence-corrected chi connectivity index (χ2v) is 11.9. The molecule has 1 saturated heterocycles. The fraction of sp³-hybridized carbons (Fsp3) is 0.303. The molecule has 1 aromatic carbocycles. The summed E-state index contributed by atoms with van der Waals surface area (Å²) in [6.07, 6.45) is 4.09. The highest BCUT2D eigenvalue weighted by Crippen LogP contribution is 2.40. The van der Waals surface area contributed by atoms with Gasteiger partial charge in [0.25, 0.3) is 0 Å². The monoisotopic (exact) mass is 634 g/mol. The summed E-state index contributed by atoms with van der Waals surface area (Å²) >= 11 is 6.80. The van der Waals surface area contributed by atoms with E-state index >= 15 is 4.39 Å². The molecule has 1 N–H and O–H groups in total. The number of allylic oxidation sites excluding steroid dienone is 3. The van der Waals surface area contributed by atoms with Gasteiger partial charge in [-0.05, 0) is 56.5 Å². The number of furan rings is 1. The molecule has 0 unspecified atom stereocenters. The van der Waals surface area contributed by atoms with E-state index in [1.54, 1.807) is 11.8 Å². The van der Waals surface area contributed by atoms with E-state index in [0.29, 0.717) is 29.4 Å². The minimum Gasteiger partial charge on any atom is -0.464 e. The molecular weight excluding hydrogens is 602 g/mol. The molecule has 0 bridgehead atoms. The number of benzene rings is 1. The van der Waals surface area contributed by atoms with Gasteiger partial charge in [0, 0.05) is 30.6 Å². The van der Waals surface area contributed by atoms with Crippen LogP contribution in [0.1, 0.15) is 34.6 Å². The number of anilines is 1.